The van der Waals surface area contributed by atoms with Crippen LogP contribution in [-0.2, 0) is 0 Å². The second-order valence-electron chi connectivity index (χ2n) is 4.99. The molecule has 0 aromatic carbocycles. The highest BCUT2D eigenvalue weighted by Gasteiger charge is 2.26. The van der Waals surface area contributed by atoms with E-state index in [0.29, 0.717) is 12.0 Å². The van der Waals surface area contributed by atoms with Gasteiger partial charge in [0.2, 0.25) is 0 Å². The van der Waals surface area contributed by atoms with Crippen LogP contribution >= 0.6 is 0 Å². The van der Waals surface area contributed by atoms with Crippen LogP contribution < -0.4 is 11.1 Å². The fourth-order valence-electron chi connectivity index (χ4n) is 2.47. The predicted octanol–water partition coefficient (Wildman–Crippen LogP) is 2.90. The number of aromatic nitrogens is 1. The van der Waals surface area contributed by atoms with E-state index < -0.39 is 0 Å². The summed E-state index contributed by atoms with van der Waals surface area (Å²) in [6, 6.07) is 4.41. The third kappa shape index (κ3) is 2.46. The van der Waals surface area contributed by atoms with Crippen LogP contribution in [0, 0.1) is 11.8 Å². The molecule has 3 heteroatoms. The first-order valence-electron chi connectivity index (χ1n) is 6.15. The van der Waals surface area contributed by atoms with E-state index in [4.69, 9.17) is 5.73 Å². The van der Waals surface area contributed by atoms with Crippen molar-refractivity contribution in [2.45, 2.75) is 39.2 Å². The maximum Gasteiger partial charge on any atom is 0.126 e. The van der Waals surface area contributed by atoms with Crippen LogP contribution in [0.2, 0.25) is 0 Å². The Labute approximate surface area is 97.5 Å². The van der Waals surface area contributed by atoms with Crippen molar-refractivity contribution in [3.63, 3.8) is 0 Å². The minimum atomic E-state index is 0.555. The summed E-state index contributed by atoms with van der Waals surface area (Å²) in [7, 11) is 0. The first-order valence-corrected chi connectivity index (χ1v) is 6.15. The van der Waals surface area contributed by atoms with Crippen molar-refractivity contribution in [2.24, 2.45) is 11.8 Å². The largest absolute Gasteiger partial charge is 0.397 e. The smallest absolute Gasteiger partial charge is 0.126 e. The number of hydrogen-bond acceptors (Lipinski definition) is 3. The zero-order valence-corrected chi connectivity index (χ0v) is 10.1. The van der Waals surface area contributed by atoms with Crippen molar-refractivity contribution in [1.29, 1.82) is 0 Å². The zero-order valence-electron chi connectivity index (χ0n) is 10.1. The number of nitrogens with one attached hydrogen (secondary N) is 1. The molecule has 1 saturated carbocycles. The van der Waals surface area contributed by atoms with Gasteiger partial charge in [-0.25, -0.2) is 4.98 Å². The van der Waals surface area contributed by atoms with Gasteiger partial charge in [-0.05, 0) is 30.4 Å². The third-order valence-electron chi connectivity index (χ3n) is 3.83. The van der Waals surface area contributed by atoms with Crippen LogP contribution in [0.3, 0.4) is 0 Å². The van der Waals surface area contributed by atoms with Crippen molar-refractivity contribution in [3.8, 4) is 0 Å². The average molecular weight is 219 g/mol. The lowest BCUT2D eigenvalue weighted by Crippen LogP contribution is -2.35. The van der Waals surface area contributed by atoms with Crippen LogP contribution in [0.5, 0.6) is 0 Å². The van der Waals surface area contributed by atoms with E-state index in [1.54, 1.807) is 6.20 Å². The standard InChI is InChI=1S/C13H21N3/c1-9-4-3-5-12(10(9)2)16-13-7-6-11(14)8-15-13/h6-10,12H,3-5,14H2,1-2H3,(H,15,16). The van der Waals surface area contributed by atoms with Crippen LogP contribution in [0.1, 0.15) is 33.1 Å². The summed E-state index contributed by atoms with van der Waals surface area (Å²) >= 11 is 0. The van der Waals surface area contributed by atoms with E-state index in [1.807, 2.05) is 12.1 Å². The van der Waals surface area contributed by atoms with Crippen molar-refractivity contribution in [1.82, 2.24) is 4.98 Å². The Morgan fingerprint density at radius 3 is 2.81 bits per heavy atom. The van der Waals surface area contributed by atoms with Gasteiger partial charge in [0.25, 0.3) is 0 Å². The second kappa shape index (κ2) is 4.73. The highest BCUT2D eigenvalue weighted by atomic mass is 15.0. The lowest BCUT2D eigenvalue weighted by Gasteiger charge is -2.34. The molecular weight excluding hydrogens is 198 g/mol. The Kier molecular flexibility index (Phi) is 3.32. The van der Waals surface area contributed by atoms with E-state index >= 15 is 0 Å². The van der Waals surface area contributed by atoms with Gasteiger partial charge in [0.05, 0.1) is 11.9 Å². The van der Waals surface area contributed by atoms with Gasteiger partial charge in [-0.1, -0.05) is 26.7 Å². The highest BCUT2D eigenvalue weighted by Crippen LogP contribution is 2.31. The molecule has 0 saturated heterocycles. The summed E-state index contributed by atoms with van der Waals surface area (Å²) in [5, 5.41) is 3.52. The van der Waals surface area contributed by atoms with Crippen molar-refractivity contribution >= 4 is 11.5 Å². The van der Waals surface area contributed by atoms with E-state index in [2.05, 4.69) is 24.1 Å². The monoisotopic (exact) mass is 219 g/mol. The van der Waals surface area contributed by atoms with Crippen molar-refractivity contribution in [3.05, 3.63) is 18.3 Å². The average Bonchev–Trinajstić information content (AvgIpc) is 2.28. The molecule has 2 rings (SSSR count). The minimum absolute atomic E-state index is 0.555. The zero-order chi connectivity index (χ0) is 11.5. The van der Waals surface area contributed by atoms with Crippen LogP contribution in [0.25, 0.3) is 0 Å². The molecule has 0 radical (unpaired) electrons. The highest BCUT2D eigenvalue weighted by molar-refractivity contribution is 5.44. The fraction of sp³-hybridized carbons (Fsp3) is 0.615. The topological polar surface area (TPSA) is 50.9 Å². The Hall–Kier alpha value is -1.25. The number of rotatable bonds is 2. The molecule has 1 aliphatic carbocycles. The van der Waals surface area contributed by atoms with E-state index in [1.165, 1.54) is 19.3 Å². The lowest BCUT2D eigenvalue weighted by atomic mass is 9.78. The molecule has 3 N–H and O–H groups in total. The van der Waals surface area contributed by atoms with Gasteiger partial charge in [0, 0.05) is 6.04 Å². The van der Waals surface area contributed by atoms with Gasteiger partial charge >= 0.3 is 0 Å². The van der Waals surface area contributed by atoms with Crippen LogP contribution in [0.4, 0.5) is 11.5 Å². The third-order valence-corrected chi connectivity index (χ3v) is 3.83. The summed E-state index contributed by atoms with van der Waals surface area (Å²) in [5.74, 6) is 2.47. The van der Waals surface area contributed by atoms with E-state index in [9.17, 15) is 0 Å². The van der Waals surface area contributed by atoms with Gasteiger partial charge in [0.15, 0.2) is 0 Å². The molecule has 3 unspecified atom stereocenters. The van der Waals surface area contributed by atoms with Gasteiger partial charge in [-0.15, -0.1) is 0 Å². The predicted molar refractivity (Wildman–Crippen MR) is 68.2 cm³/mol. The minimum Gasteiger partial charge on any atom is -0.397 e. The summed E-state index contributed by atoms with van der Waals surface area (Å²) in [5.41, 5.74) is 6.34. The van der Waals surface area contributed by atoms with Crippen LogP contribution in [0.15, 0.2) is 18.3 Å². The number of nitrogens with two attached hydrogens (primary N) is 1. The number of pyridine rings is 1. The summed E-state index contributed by atoms with van der Waals surface area (Å²) in [6.45, 7) is 4.67. The molecule has 1 heterocycles. The lowest BCUT2D eigenvalue weighted by molar-refractivity contribution is 0.253. The molecule has 3 nitrogen and oxygen atoms in total. The molecule has 1 fully saturated rings. The number of anilines is 2. The maximum absolute atomic E-state index is 5.62. The van der Waals surface area contributed by atoms with Crippen molar-refractivity contribution in [2.75, 3.05) is 11.1 Å². The molecule has 1 aromatic rings. The molecule has 0 spiro atoms. The van der Waals surface area contributed by atoms with E-state index in [0.717, 1.165) is 17.4 Å². The molecule has 0 bridgehead atoms. The molecule has 88 valence electrons. The molecule has 3 atom stereocenters. The molecule has 0 aliphatic heterocycles. The van der Waals surface area contributed by atoms with Gasteiger partial charge in [-0.2, -0.15) is 0 Å². The maximum atomic E-state index is 5.62. The number of nitrogens with zero attached hydrogens (tertiary/aromatic N) is 1. The van der Waals surface area contributed by atoms with Gasteiger partial charge in [-0.3, -0.25) is 0 Å². The Morgan fingerprint density at radius 1 is 1.31 bits per heavy atom. The van der Waals surface area contributed by atoms with E-state index in [-0.39, 0.29) is 0 Å². The quantitative estimate of drug-likeness (QED) is 0.804. The molecule has 1 aromatic heterocycles. The summed E-state index contributed by atoms with van der Waals surface area (Å²) in [6.07, 6.45) is 5.63. The fourth-order valence-corrected chi connectivity index (χ4v) is 2.47. The normalized spacial score (nSPS) is 30.0. The van der Waals surface area contributed by atoms with Gasteiger partial charge < -0.3 is 11.1 Å². The molecule has 16 heavy (non-hydrogen) atoms. The first kappa shape index (κ1) is 11.2. The van der Waals surface area contributed by atoms with Crippen LogP contribution in [-0.4, -0.2) is 11.0 Å². The van der Waals surface area contributed by atoms with Gasteiger partial charge in [0.1, 0.15) is 5.82 Å². The summed E-state index contributed by atoms with van der Waals surface area (Å²) < 4.78 is 0. The Balaban J connectivity index is 2.00. The number of hydrogen-bond donors (Lipinski definition) is 2. The second-order valence-corrected chi connectivity index (χ2v) is 4.99. The number of nitrogen functional groups attached to an aromatic ring is 1. The van der Waals surface area contributed by atoms with Crippen molar-refractivity contribution < 1.29 is 0 Å². The SMILES string of the molecule is CC1CCCC(Nc2ccc(N)cn2)C1C. The molecule has 0 amide bonds. The Bertz CT molecular complexity index is 334. The molecular formula is C13H21N3. The first-order chi connectivity index (χ1) is 7.66. The Morgan fingerprint density at radius 2 is 2.12 bits per heavy atom. The summed E-state index contributed by atoms with van der Waals surface area (Å²) in [4.78, 5) is 4.30. The molecule has 1 aliphatic rings.